The molecule has 1 saturated heterocycles. The van der Waals surface area contributed by atoms with Gasteiger partial charge in [-0.25, -0.2) is 0 Å². The first kappa shape index (κ1) is 23.0. The Bertz CT molecular complexity index is 876. The number of aliphatic hydroxyl groups is 1. The zero-order valence-corrected chi connectivity index (χ0v) is 22.3. The van der Waals surface area contributed by atoms with E-state index in [4.69, 9.17) is 4.74 Å². The lowest BCUT2D eigenvalue weighted by Gasteiger charge is -2.62. The van der Waals surface area contributed by atoms with Crippen molar-refractivity contribution in [1.29, 1.82) is 0 Å². The van der Waals surface area contributed by atoms with Crippen molar-refractivity contribution in [3.63, 3.8) is 0 Å². The third kappa shape index (κ3) is 2.68. The Labute approximate surface area is 201 Å². The summed E-state index contributed by atoms with van der Waals surface area (Å²) in [5.41, 5.74) is 0.723. The minimum Gasteiger partial charge on any atom is -0.393 e. The highest BCUT2D eigenvalue weighted by atomic mass is 16.6. The molecule has 6 aliphatic rings. The lowest BCUT2D eigenvalue weighted by atomic mass is 9.42. The number of rotatable bonds is 0. The Hall–Kier alpha value is -0.410. The lowest BCUT2D eigenvalue weighted by Crippen LogP contribution is -2.59. The minimum atomic E-state index is -0.186. The van der Waals surface area contributed by atoms with E-state index >= 15 is 0 Å². The van der Waals surface area contributed by atoms with Gasteiger partial charge in [-0.15, -0.1) is 0 Å². The molecule has 3 nitrogen and oxygen atoms in total. The zero-order chi connectivity index (χ0) is 23.8. The molecule has 1 heterocycles. The van der Waals surface area contributed by atoms with Crippen molar-refractivity contribution in [3.05, 3.63) is 0 Å². The molecule has 0 amide bonds. The van der Waals surface area contributed by atoms with Crippen molar-refractivity contribution >= 4 is 5.78 Å². The molecule has 186 valence electrons. The summed E-state index contributed by atoms with van der Waals surface area (Å²) in [5.74, 6) is 2.86. The van der Waals surface area contributed by atoms with E-state index in [0.717, 1.165) is 32.1 Å². The van der Waals surface area contributed by atoms with E-state index in [2.05, 4.69) is 48.5 Å². The fourth-order valence-electron chi connectivity index (χ4n) is 11.8. The minimum absolute atomic E-state index is 0.0289. The van der Waals surface area contributed by atoms with Crippen molar-refractivity contribution in [2.24, 2.45) is 50.7 Å². The molecule has 0 aromatic carbocycles. The number of Topliss-reactive ketones (excluding diaryl/α,β-unsaturated/α-hetero) is 1. The number of fused-ring (bicyclic) bond motifs is 5. The molecule has 0 unspecified atom stereocenters. The average Bonchev–Trinajstić information content (AvgIpc) is 3.43. The molecule has 0 aromatic heterocycles. The molecular formula is C30H48O3. The van der Waals surface area contributed by atoms with Gasteiger partial charge >= 0.3 is 0 Å². The van der Waals surface area contributed by atoms with E-state index in [1.165, 1.54) is 32.1 Å². The molecule has 1 N–H and O–H groups in total. The van der Waals surface area contributed by atoms with Crippen LogP contribution in [0.1, 0.15) is 113 Å². The predicted molar refractivity (Wildman–Crippen MR) is 131 cm³/mol. The maximum Gasteiger partial charge on any atom is 0.138 e. The third-order valence-electron chi connectivity index (χ3n) is 13.5. The molecule has 3 heteroatoms. The highest BCUT2D eigenvalue weighted by Crippen LogP contribution is 2.75. The molecular weight excluding hydrogens is 408 g/mol. The molecule has 1 aliphatic heterocycles. The summed E-state index contributed by atoms with van der Waals surface area (Å²) in [5, 5.41) is 10.9. The number of hydrogen-bond donors (Lipinski definition) is 1. The van der Waals surface area contributed by atoms with E-state index in [1.807, 2.05) is 0 Å². The van der Waals surface area contributed by atoms with Crippen LogP contribution in [0, 0.1) is 50.7 Å². The van der Waals surface area contributed by atoms with Crippen LogP contribution in [0.15, 0.2) is 0 Å². The summed E-state index contributed by atoms with van der Waals surface area (Å²) in [6, 6.07) is 0. The second-order valence-electron chi connectivity index (χ2n) is 15.5. The van der Waals surface area contributed by atoms with Crippen molar-refractivity contribution in [2.75, 3.05) is 0 Å². The molecule has 0 radical (unpaired) electrons. The van der Waals surface area contributed by atoms with Crippen LogP contribution >= 0.6 is 0 Å². The average molecular weight is 457 g/mol. The monoisotopic (exact) mass is 456 g/mol. The second kappa shape index (κ2) is 6.47. The third-order valence-corrected chi connectivity index (χ3v) is 13.5. The molecule has 0 bridgehead atoms. The van der Waals surface area contributed by atoms with E-state index in [9.17, 15) is 9.90 Å². The van der Waals surface area contributed by atoms with Crippen molar-refractivity contribution in [2.45, 2.75) is 130 Å². The highest BCUT2D eigenvalue weighted by Gasteiger charge is 2.76. The van der Waals surface area contributed by atoms with Gasteiger partial charge in [0.2, 0.25) is 0 Å². The first-order valence-corrected chi connectivity index (χ1v) is 14.1. The molecule has 5 aliphatic carbocycles. The van der Waals surface area contributed by atoms with Gasteiger partial charge in [0.1, 0.15) is 5.78 Å². The van der Waals surface area contributed by atoms with Gasteiger partial charge in [0, 0.05) is 11.8 Å². The number of aliphatic hydroxyl groups excluding tert-OH is 1. The summed E-state index contributed by atoms with van der Waals surface area (Å²) in [6.45, 7) is 16.9. The summed E-state index contributed by atoms with van der Waals surface area (Å²) >= 11 is 0. The van der Waals surface area contributed by atoms with Crippen molar-refractivity contribution in [3.8, 4) is 0 Å². The number of carbonyl (C=O) groups excluding carboxylic acids is 1. The van der Waals surface area contributed by atoms with Gasteiger partial charge in [0.15, 0.2) is 0 Å². The van der Waals surface area contributed by atoms with Gasteiger partial charge in [-0.3, -0.25) is 4.79 Å². The van der Waals surface area contributed by atoms with Crippen molar-refractivity contribution < 1.29 is 14.6 Å². The number of epoxide rings is 1. The quantitative estimate of drug-likeness (QED) is 0.420. The van der Waals surface area contributed by atoms with Crippen LogP contribution in [-0.4, -0.2) is 28.7 Å². The molecule has 0 aromatic rings. The molecule has 6 rings (SSSR count). The van der Waals surface area contributed by atoms with Gasteiger partial charge in [-0.05, 0) is 103 Å². The van der Waals surface area contributed by atoms with Crippen LogP contribution in [0.5, 0.6) is 0 Å². The Kier molecular flexibility index (Phi) is 4.51. The van der Waals surface area contributed by atoms with Gasteiger partial charge in [0.05, 0.1) is 17.8 Å². The van der Waals surface area contributed by atoms with Crippen LogP contribution in [0.25, 0.3) is 0 Å². The normalized spacial score (nSPS) is 58.6. The summed E-state index contributed by atoms with van der Waals surface area (Å²) < 4.78 is 6.84. The van der Waals surface area contributed by atoms with Crippen molar-refractivity contribution in [1.82, 2.24) is 0 Å². The SMILES string of the molecule is CC1(C)C(=O)CC[C@@]2(C)[C@@H]1CC[C@@]1(C)C[C@@]34O[C@@H]3C[C@H]3C(C)(C)[C@H](O)CC[C@]3(C)[C@H]4CC[C@@H]12. The highest BCUT2D eigenvalue weighted by molar-refractivity contribution is 5.85. The smallest absolute Gasteiger partial charge is 0.138 e. The fraction of sp³-hybridized carbons (Fsp3) is 0.967. The van der Waals surface area contributed by atoms with E-state index in [1.54, 1.807) is 0 Å². The molecule has 33 heavy (non-hydrogen) atoms. The van der Waals surface area contributed by atoms with Crippen LogP contribution in [0.2, 0.25) is 0 Å². The molecule has 1 spiro atoms. The standard InChI is InChI=1S/C30H48O3/c1-25(2)18-10-13-27(5)17-30-20(9-8-19(27)28(18,6)14-11-22(25)31)29(7)15-12-23(32)26(3,4)21(29)16-24(30)33-30/h18-21,23-24,32H,8-17H2,1-7H3/t18-,19+,20-,21+,23-,24-,27+,28+,29-,30+/m1/s1. The lowest BCUT2D eigenvalue weighted by molar-refractivity contribution is -0.161. The fourth-order valence-corrected chi connectivity index (χ4v) is 11.8. The molecule has 6 fully saturated rings. The first-order chi connectivity index (χ1) is 15.2. The zero-order valence-electron chi connectivity index (χ0n) is 22.3. The van der Waals surface area contributed by atoms with E-state index in [-0.39, 0.29) is 33.4 Å². The summed E-state index contributed by atoms with van der Waals surface area (Å²) in [7, 11) is 0. The van der Waals surface area contributed by atoms with Crippen LogP contribution in [0.4, 0.5) is 0 Å². The van der Waals surface area contributed by atoms with Gasteiger partial charge in [-0.2, -0.15) is 0 Å². The predicted octanol–water partition coefficient (Wildman–Crippen LogP) is 6.56. The maximum absolute atomic E-state index is 12.9. The van der Waals surface area contributed by atoms with Gasteiger partial charge in [-0.1, -0.05) is 48.5 Å². The van der Waals surface area contributed by atoms with Crippen LogP contribution in [-0.2, 0) is 9.53 Å². The maximum atomic E-state index is 12.9. The molecule has 5 saturated carbocycles. The first-order valence-electron chi connectivity index (χ1n) is 14.1. The Morgan fingerprint density at radius 2 is 1.45 bits per heavy atom. The van der Waals surface area contributed by atoms with Gasteiger partial charge in [0.25, 0.3) is 0 Å². The Morgan fingerprint density at radius 3 is 2.18 bits per heavy atom. The van der Waals surface area contributed by atoms with Crippen LogP contribution < -0.4 is 0 Å². The van der Waals surface area contributed by atoms with E-state index < -0.39 is 0 Å². The summed E-state index contributed by atoms with van der Waals surface area (Å²) in [4.78, 5) is 12.9. The Morgan fingerprint density at radius 1 is 0.788 bits per heavy atom. The van der Waals surface area contributed by atoms with Crippen LogP contribution in [0.3, 0.4) is 0 Å². The largest absolute Gasteiger partial charge is 0.393 e. The number of carbonyl (C=O) groups is 1. The topological polar surface area (TPSA) is 49.8 Å². The van der Waals surface area contributed by atoms with Gasteiger partial charge < -0.3 is 9.84 Å². The molecule has 10 atom stereocenters. The second-order valence-corrected chi connectivity index (χ2v) is 15.5. The number of ether oxygens (including phenoxy) is 1. The number of hydrogen-bond acceptors (Lipinski definition) is 3. The van der Waals surface area contributed by atoms with E-state index in [0.29, 0.717) is 41.0 Å². The Balaban J connectivity index is 1.38. The number of ketones is 1. The summed E-state index contributed by atoms with van der Waals surface area (Å²) in [6.07, 6.45) is 11.5.